The number of imidazole rings is 1. The van der Waals surface area contributed by atoms with Crippen LogP contribution in [-0.2, 0) is 0 Å². The molecule has 0 aliphatic heterocycles. The van der Waals surface area contributed by atoms with Gasteiger partial charge in [0.05, 0.1) is 5.69 Å². The number of aryl methyl sites for hydroxylation is 2. The quantitative estimate of drug-likeness (QED) is 0.617. The third kappa shape index (κ3) is 1.66. The van der Waals surface area contributed by atoms with Crippen molar-refractivity contribution < 1.29 is 0 Å². The fourth-order valence-corrected chi connectivity index (χ4v) is 0.998. The van der Waals surface area contributed by atoms with Crippen LogP contribution in [0.25, 0.3) is 5.78 Å². The highest BCUT2D eigenvalue weighted by Crippen LogP contribution is 2.03. The average Bonchev–Trinajstić information content (AvgIpc) is 2.63. The van der Waals surface area contributed by atoms with Gasteiger partial charge in [-0.2, -0.15) is 5.10 Å². The molecule has 4 heteroatoms. The lowest BCUT2D eigenvalue weighted by Gasteiger charge is -1.99. The van der Waals surface area contributed by atoms with Gasteiger partial charge in [-0.3, -0.25) is 4.40 Å². The van der Waals surface area contributed by atoms with Crippen molar-refractivity contribution in [2.45, 2.75) is 27.7 Å². The van der Waals surface area contributed by atoms with Crippen molar-refractivity contribution in [3.8, 4) is 0 Å². The molecule has 0 aliphatic carbocycles. The van der Waals surface area contributed by atoms with E-state index in [1.54, 1.807) is 6.20 Å². The Morgan fingerprint density at radius 1 is 1.15 bits per heavy atom. The first-order chi connectivity index (χ1) is 6.29. The lowest BCUT2D eigenvalue weighted by atomic mass is 10.4. The predicted molar refractivity (Wildman–Crippen MR) is 51.6 cm³/mol. The maximum Gasteiger partial charge on any atom is 0.253 e. The van der Waals surface area contributed by atoms with Crippen LogP contribution in [0.4, 0.5) is 0 Å². The van der Waals surface area contributed by atoms with Gasteiger partial charge in [-0.25, -0.2) is 4.98 Å². The maximum absolute atomic E-state index is 4.01. The fraction of sp³-hybridized carbons (Fsp3) is 0.444. The SMILES string of the molecule is CC.Cc1nnc2nccn2c1C. The second-order valence-corrected chi connectivity index (χ2v) is 2.47. The van der Waals surface area contributed by atoms with Gasteiger partial charge in [0.2, 0.25) is 0 Å². The van der Waals surface area contributed by atoms with E-state index >= 15 is 0 Å². The summed E-state index contributed by atoms with van der Waals surface area (Å²) in [5, 5.41) is 7.85. The molecule has 70 valence electrons. The first kappa shape index (κ1) is 9.64. The molecular weight excluding hydrogens is 164 g/mol. The van der Waals surface area contributed by atoms with E-state index in [1.165, 1.54) is 0 Å². The van der Waals surface area contributed by atoms with Crippen molar-refractivity contribution in [2.75, 3.05) is 0 Å². The van der Waals surface area contributed by atoms with E-state index in [0.717, 1.165) is 11.4 Å². The van der Waals surface area contributed by atoms with Gasteiger partial charge in [0.15, 0.2) is 0 Å². The Balaban J connectivity index is 0.000000396. The minimum atomic E-state index is 0.660. The van der Waals surface area contributed by atoms with Gasteiger partial charge < -0.3 is 0 Å². The molecule has 0 N–H and O–H groups in total. The summed E-state index contributed by atoms with van der Waals surface area (Å²) in [6.45, 7) is 7.93. The number of hydrogen-bond donors (Lipinski definition) is 0. The van der Waals surface area contributed by atoms with E-state index in [0.29, 0.717) is 5.78 Å². The van der Waals surface area contributed by atoms with Crippen molar-refractivity contribution in [1.82, 2.24) is 19.6 Å². The van der Waals surface area contributed by atoms with Crippen LogP contribution in [0.5, 0.6) is 0 Å². The summed E-state index contributed by atoms with van der Waals surface area (Å²) in [6, 6.07) is 0. The van der Waals surface area contributed by atoms with E-state index in [2.05, 4.69) is 15.2 Å². The summed E-state index contributed by atoms with van der Waals surface area (Å²) in [5.41, 5.74) is 2.03. The lowest BCUT2D eigenvalue weighted by molar-refractivity contribution is 0.887. The fourth-order valence-electron chi connectivity index (χ4n) is 0.998. The molecule has 0 fully saturated rings. The van der Waals surface area contributed by atoms with Gasteiger partial charge in [0.25, 0.3) is 5.78 Å². The number of hydrogen-bond acceptors (Lipinski definition) is 3. The zero-order valence-electron chi connectivity index (χ0n) is 8.44. The standard InChI is InChI=1S/C7H8N4.C2H6/c1-5-6(2)11-4-3-8-7(11)10-9-5;1-2/h3-4H,1-2H3;1-2H3. The molecule has 2 aromatic heterocycles. The third-order valence-corrected chi connectivity index (χ3v) is 1.80. The molecule has 0 atom stereocenters. The Labute approximate surface area is 77.6 Å². The summed E-state index contributed by atoms with van der Waals surface area (Å²) >= 11 is 0. The second kappa shape index (κ2) is 3.98. The molecular formula is C9H14N4. The molecule has 0 spiro atoms. The summed E-state index contributed by atoms with van der Waals surface area (Å²) < 4.78 is 1.92. The molecule has 4 nitrogen and oxygen atoms in total. The van der Waals surface area contributed by atoms with Crippen LogP contribution in [0.15, 0.2) is 12.4 Å². The zero-order valence-corrected chi connectivity index (χ0v) is 8.44. The van der Waals surface area contributed by atoms with Crippen LogP contribution in [0.3, 0.4) is 0 Å². The van der Waals surface area contributed by atoms with E-state index < -0.39 is 0 Å². The monoisotopic (exact) mass is 178 g/mol. The molecule has 0 bridgehead atoms. The summed E-state index contributed by atoms with van der Waals surface area (Å²) in [4.78, 5) is 4.01. The topological polar surface area (TPSA) is 43.1 Å². The molecule has 0 unspecified atom stereocenters. The van der Waals surface area contributed by atoms with Crippen LogP contribution in [-0.4, -0.2) is 19.6 Å². The smallest absolute Gasteiger partial charge is 0.253 e. The van der Waals surface area contributed by atoms with Gasteiger partial charge in [-0.15, -0.1) is 5.10 Å². The zero-order chi connectivity index (χ0) is 9.84. The number of aromatic nitrogens is 4. The van der Waals surface area contributed by atoms with E-state index in [1.807, 2.05) is 38.3 Å². The summed E-state index contributed by atoms with van der Waals surface area (Å²) in [6.07, 6.45) is 3.60. The van der Waals surface area contributed by atoms with Crippen LogP contribution in [0.1, 0.15) is 25.2 Å². The van der Waals surface area contributed by atoms with Gasteiger partial charge in [0, 0.05) is 18.1 Å². The first-order valence-electron chi connectivity index (χ1n) is 4.42. The minimum Gasteiger partial charge on any atom is -0.285 e. The summed E-state index contributed by atoms with van der Waals surface area (Å²) in [7, 11) is 0. The molecule has 0 saturated heterocycles. The molecule has 0 radical (unpaired) electrons. The molecule has 2 rings (SSSR count). The van der Waals surface area contributed by atoms with Gasteiger partial charge in [-0.05, 0) is 13.8 Å². The van der Waals surface area contributed by atoms with E-state index in [9.17, 15) is 0 Å². The Kier molecular flexibility index (Phi) is 2.95. The molecule has 0 amide bonds. The highest BCUT2D eigenvalue weighted by molar-refractivity contribution is 5.29. The maximum atomic E-state index is 4.01. The highest BCUT2D eigenvalue weighted by Gasteiger charge is 2.00. The van der Waals surface area contributed by atoms with Gasteiger partial charge >= 0.3 is 0 Å². The predicted octanol–water partition coefficient (Wildman–Crippen LogP) is 1.77. The Hall–Kier alpha value is -1.45. The molecule has 0 aliphatic rings. The Morgan fingerprint density at radius 2 is 1.85 bits per heavy atom. The summed E-state index contributed by atoms with van der Waals surface area (Å²) in [5.74, 6) is 0.660. The van der Waals surface area contributed by atoms with Crippen molar-refractivity contribution in [2.24, 2.45) is 0 Å². The van der Waals surface area contributed by atoms with E-state index in [4.69, 9.17) is 0 Å². The first-order valence-corrected chi connectivity index (χ1v) is 4.42. The van der Waals surface area contributed by atoms with E-state index in [-0.39, 0.29) is 0 Å². The molecule has 0 saturated carbocycles. The highest BCUT2D eigenvalue weighted by atomic mass is 15.2. The molecule has 0 aromatic carbocycles. The van der Waals surface area contributed by atoms with Crippen molar-refractivity contribution >= 4 is 5.78 Å². The average molecular weight is 178 g/mol. The number of fused-ring (bicyclic) bond motifs is 1. The van der Waals surface area contributed by atoms with Crippen LogP contribution in [0.2, 0.25) is 0 Å². The minimum absolute atomic E-state index is 0.660. The van der Waals surface area contributed by atoms with Gasteiger partial charge in [-0.1, -0.05) is 13.8 Å². The van der Waals surface area contributed by atoms with Crippen molar-refractivity contribution in [1.29, 1.82) is 0 Å². The van der Waals surface area contributed by atoms with Gasteiger partial charge in [0.1, 0.15) is 0 Å². The third-order valence-electron chi connectivity index (χ3n) is 1.80. The Bertz CT molecular complexity index is 391. The normalized spacial score (nSPS) is 9.54. The second-order valence-electron chi connectivity index (χ2n) is 2.47. The molecule has 2 heterocycles. The van der Waals surface area contributed by atoms with Crippen molar-refractivity contribution in [3.05, 3.63) is 23.8 Å². The van der Waals surface area contributed by atoms with Crippen LogP contribution in [0, 0.1) is 13.8 Å². The van der Waals surface area contributed by atoms with Crippen molar-refractivity contribution in [3.63, 3.8) is 0 Å². The largest absolute Gasteiger partial charge is 0.285 e. The van der Waals surface area contributed by atoms with Crippen LogP contribution < -0.4 is 0 Å². The lowest BCUT2D eigenvalue weighted by Crippen LogP contribution is -1.99. The number of rotatable bonds is 0. The molecule has 2 aromatic rings. The molecule has 13 heavy (non-hydrogen) atoms. The van der Waals surface area contributed by atoms with Crippen LogP contribution >= 0.6 is 0 Å². The number of nitrogens with zero attached hydrogens (tertiary/aromatic N) is 4. The Morgan fingerprint density at radius 3 is 2.54 bits per heavy atom.